The Morgan fingerprint density at radius 2 is 1.59 bits per heavy atom. The van der Waals surface area contributed by atoms with Gasteiger partial charge in [0, 0.05) is 5.41 Å². The molecule has 0 nitrogen and oxygen atoms in total. The Hall–Kier alpha value is -1.30. The van der Waals surface area contributed by atoms with Crippen molar-refractivity contribution in [2.24, 2.45) is 0 Å². The van der Waals surface area contributed by atoms with Crippen LogP contribution in [-0.4, -0.2) is 0 Å². The molecular weight excluding hydrogens is 204 g/mol. The van der Waals surface area contributed by atoms with Gasteiger partial charge in [-0.25, -0.2) is 0 Å². The molecular formula is C17H22. The SMILES string of the molecule is Cc1cc(C(C)(C)C2=CC=CC2)cc(C)c1C. The molecule has 0 spiro atoms. The van der Waals surface area contributed by atoms with Gasteiger partial charge in [-0.05, 0) is 49.4 Å². The van der Waals surface area contributed by atoms with Gasteiger partial charge in [0.1, 0.15) is 0 Å². The lowest BCUT2D eigenvalue weighted by Gasteiger charge is -2.28. The van der Waals surface area contributed by atoms with E-state index in [0.717, 1.165) is 6.42 Å². The first-order valence-corrected chi connectivity index (χ1v) is 6.37. The highest BCUT2D eigenvalue weighted by molar-refractivity contribution is 5.45. The van der Waals surface area contributed by atoms with Crippen LogP contribution < -0.4 is 0 Å². The lowest BCUT2D eigenvalue weighted by atomic mass is 9.75. The molecule has 0 radical (unpaired) electrons. The Labute approximate surface area is 105 Å². The van der Waals surface area contributed by atoms with Gasteiger partial charge < -0.3 is 0 Å². The van der Waals surface area contributed by atoms with Gasteiger partial charge in [-0.2, -0.15) is 0 Å². The van der Waals surface area contributed by atoms with Crippen molar-refractivity contribution in [3.8, 4) is 0 Å². The lowest BCUT2D eigenvalue weighted by Crippen LogP contribution is -2.20. The first kappa shape index (κ1) is 12.2. The number of benzene rings is 1. The molecule has 0 N–H and O–H groups in total. The molecule has 1 aliphatic rings. The Kier molecular flexibility index (Phi) is 2.99. The predicted octanol–water partition coefficient (Wildman–Crippen LogP) is 4.78. The van der Waals surface area contributed by atoms with Crippen LogP contribution in [0.15, 0.2) is 35.9 Å². The molecule has 0 aromatic heterocycles. The number of hydrogen-bond donors (Lipinski definition) is 0. The molecule has 0 heteroatoms. The van der Waals surface area contributed by atoms with Gasteiger partial charge in [0.2, 0.25) is 0 Å². The molecule has 0 amide bonds. The monoisotopic (exact) mass is 226 g/mol. The van der Waals surface area contributed by atoms with Crippen molar-refractivity contribution < 1.29 is 0 Å². The molecule has 90 valence electrons. The number of hydrogen-bond acceptors (Lipinski definition) is 0. The molecule has 0 saturated heterocycles. The van der Waals surface area contributed by atoms with Crippen molar-refractivity contribution in [2.45, 2.75) is 46.5 Å². The van der Waals surface area contributed by atoms with E-state index in [0.29, 0.717) is 0 Å². The van der Waals surface area contributed by atoms with E-state index in [9.17, 15) is 0 Å². The summed E-state index contributed by atoms with van der Waals surface area (Å²) in [6.07, 6.45) is 7.78. The zero-order chi connectivity index (χ0) is 12.6. The van der Waals surface area contributed by atoms with Crippen LogP contribution in [0.3, 0.4) is 0 Å². The molecule has 0 atom stereocenters. The second kappa shape index (κ2) is 4.18. The Morgan fingerprint density at radius 1 is 1.00 bits per heavy atom. The van der Waals surface area contributed by atoms with E-state index < -0.39 is 0 Å². The highest BCUT2D eigenvalue weighted by Gasteiger charge is 2.26. The van der Waals surface area contributed by atoms with Gasteiger partial charge in [-0.3, -0.25) is 0 Å². The summed E-state index contributed by atoms with van der Waals surface area (Å²) < 4.78 is 0. The number of rotatable bonds is 2. The predicted molar refractivity (Wildman–Crippen MR) is 75.5 cm³/mol. The van der Waals surface area contributed by atoms with Crippen LogP contribution >= 0.6 is 0 Å². The average molecular weight is 226 g/mol. The van der Waals surface area contributed by atoms with Crippen LogP contribution in [0.5, 0.6) is 0 Å². The second-order valence-corrected chi connectivity index (χ2v) is 5.68. The van der Waals surface area contributed by atoms with E-state index >= 15 is 0 Å². The minimum atomic E-state index is 0.146. The molecule has 0 heterocycles. The topological polar surface area (TPSA) is 0 Å². The van der Waals surface area contributed by atoms with Crippen molar-refractivity contribution in [3.05, 3.63) is 58.2 Å². The van der Waals surface area contributed by atoms with E-state index in [1.54, 1.807) is 0 Å². The van der Waals surface area contributed by atoms with Crippen LogP contribution in [0.25, 0.3) is 0 Å². The summed E-state index contributed by atoms with van der Waals surface area (Å²) in [5.74, 6) is 0. The van der Waals surface area contributed by atoms with Gasteiger partial charge in [0.05, 0.1) is 0 Å². The minimum Gasteiger partial charge on any atom is -0.0804 e. The molecule has 2 rings (SSSR count). The molecule has 0 aliphatic heterocycles. The zero-order valence-electron chi connectivity index (χ0n) is 11.6. The lowest BCUT2D eigenvalue weighted by molar-refractivity contribution is 0.612. The highest BCUT2D eigenvalue weighted by atomic mass is 14.3. The van der Waals surface area contributed by atoms with Crippen molar-refractivity contribution in [3.63, 3.8) is 0 Å². The van der Waals surface area contributed by atoms with Crippen LogP contribution in [0.1, 0.15) is 42.5 Å². The molecule has 17 heavy (non-hydrogen) atoms. The average Bonchev–Trinajstić information content (AvgIpc) is 2.79. The van der Waals surface area contributed by atoms with Crippen molar-refractivity contribution in [1.29, 1.82) is 0 Å². The Balaban J connectivity index is 2.46. The zero-order valence-corrected chi connectivity index (χ0v) is 11.6. The molecule has 0 unspecified atom stereocenters. The van der Waals surface area contributed by atoms with Crippen LogP contribution in [0.2, 0.25) is 0 Å². The standard InChI is InChI=1S/C17H22/c1-12-10-16(11-13(2)14(12)3)17(4,5)15-8-6-7-9-15/h6-8,10-11H,9H2,1-5H3. The van der Waals surface area contributed by atoms with E-state index in [1.807, 2.05) is 0 Å². The maximum atomic E-state index is 2.35. The second-order valence-electron chi connectivity index (χ2n) is 5.68. The third kappa shape index (κ3) is 2.09. The fourth-order valence-corrected chi connectivity index (χ4v) is 2.49. The number of aryl methyl sites for hydroxylation is 2. The molecule has 1 aromatic carbocycles. The summed E-state index contributed by atoms with van der Waals surface area (Å²) >= 11 is 0. The molecule has 1 aromatic rings. The maximum Gasteiger partial charge on any atom is 0.0111 e. The van der Waals surface area contributed by atoms with Gasteiger partial charge in [-0.15, -0.1) is 0 Å². The van der Waals surface area contributed by atoms with E-state index in [2.05, 4.69) is 65.0 Å². The summed E-state index contributed by atoms with van der Waals surface area (Å²) in [6, 6.07) is 4.70. The summed E-state index contributed by atoms with van der Waals surface area (Å²) in [5, 5.41) is 0. The Bertz CT molecular complexity index is 476. The summed E-state index contributed by atoms with van der Waals surface area (Å²) in [5.41, 5.74) is 7.32. The van der Waals surface area contributed by atoms with Crippen molar-refractivity contribution in [1.82, 2.24) is 0 Å². The molecule has 0 bridgehead atoms. The summed E-state index contributed by atoms with van der Waals surface area (Å²) in [4.78, 5) is 0. The highest BCUT2D eigenvalue weighted by Crippen LogP contribution is 2.37. The quantitative estimate of drug-likeness (QED) is 0.681. The summed E-state index contributed by atoms with van der Waals surface area (Å²) in [6.45, 7) is 11.3. The fraction of sp³-hybridized carbons (Fsp3) is 0.412. The molecule has 0 fully saturated rings. The van der Waals surface area contributed by atoms with Crippen molar-refractivity contribution in [2.75, 3.05) is 0 Å². The molecule has 1 aliphatic carbocycles. The first-order valence-electron chi connectivity index (χ1n) is 6.37. The third-order valence-electron chi connectivity index (χ3n) is 4.22. The van der Waals surface area contributed by atoms with Gasteiger partial charge in [0.25, 0.3) is 0 Å². The van der Waals surface area contributed by atoms with E-state index in [1.165, 1.54) is 27.8 Å². The van der Waals surface area contributed by atoms with Crippen LogP contribution in [-0.2, 0) is 5.41 Å². The summed E-state index contributed by atoms with van der Waals surface area (Å²) in [7, 11) is 0. The van der Waals surface area contributed by atoms with E-state index in [4.69, 9.17) is 0 Å². The smallest absolute Gasteiger partial charge is 0.0111 e. The normalized spacial score (nSPS) is 15.2. The van der Waals surface area contributed by atoms with E-state index in [-0.39, 0.29) is 5.41 Å². The fourth-order valence-electron chi connectivity index (χ4n) is 2.49. The van der Waals surface area contributed by atoms with Gasteiger partial charge in [0.15, 0.2) is 0 Å². The van der Waals surface area contributed by atoms with Crippen LogP contribution in [0.4, 0.5) is 0 Å². The van der Waals surface area contributed by atoms with Crippen molar-refractivity contribution >= 4 is 0 Å². The van der Waals surface area contributed by atoms with Gasteiger partial charge >= 0.3 is 0 Å². The first-order chi connectivity index (χ1) is 7.93. The minimum absolute atomic E-state index is 0.146. The molecule has 0 saturated carbocycles. The van der Waals surface area contributed by atoms with Gasteiger partial charge in [-0.1, -0.05) is 49.8 Å². The Morgan fingerprint density at radius 3 is 2.06 bits per heavy atom. The maximum absolute atomic E-state index is 2.35. The number of allylic oxidation sites excluding steroid dienone is 4. The third-order valence-corrected chi connectivity index (χ3v) is 4.22. The largest absolute Gasteiger partial charge is 0.0804 e. The van der Waals surface area contributed by atoms with Crippen LogP contribution in [0, 0.1) is 20.8 Å².